The molecule has 0 spiro atoms. The number of pyridine rings is 1. The van der Waals surface area contributed by atoms with Crippen molar-refractivity contribution in [3.63, 3.8) is 0 Å². The van der Waals surface area contributed by atoms with E-state index in [4.69, 9.17) is 4.74 Å². The van der Waals surface area contributed by atoms with E-state index in [0.29, 0.717) is 0 Å². The van der Waals surface area contributed by atoms with E-state index in [-0.39, 0.29) is 28.4 Å². The average Bonchev–Trinajstić information content (AvgIpc) is 2.50. The maximum atomic E-state index is 12.2. The van der Waals surface area contributed by atoms with E-state index in [1.165, 1.54) is 6.08 Å². The third-order valence-electron chi connectivity index (χ3n) is 2.55. The fourth-order valence-electron chi connectivity index (χ4n) is 1.66. The van der Waals surface area contributed by atoms with Gasteiger partial charge in [0.25, 0.3) is 5.70 Å². The SMILES string of the molecule is C=C/C(=c1/[nH]cc(C(=O)OCC)c(=O)/c1=C/C)[N+](=O)[O-].CC. The maximum absolute atomic E-state index is 12.2. The van der Waals surface area contributed by atoms with E-state index in [1.54, 1.807) is 13.8 Å². The monoisotopic (exact) mass is 308 g/mol. The molecule has 0 saturated carbocycles. The lowest BCUT2D eigenvalue weighted by atomic mass is 10.2. The normalized spacial score (nSPS) is 11.9. The largest absolute Gasteiger partial charge is 0.462 e. The van der Waals surface area contributed by atoms with Crippen molar-refractivity contribution in [3.05, 3.63) is 55.3 Å². The van der Waals surface area contributed by atoms with Crippen LogP contribution in [-0.2, 0) is 4.74 Å². The van der Waals surface area contributed by atoms with Gasteiger partial charge in [0.2, 0.25) is 5.43 Å². The van der Waals surface area contributed by atoms with Crippen LogP contribution in [0.4, 0.5) is 0 Å². The molecule has 120 valence electrons. The second-order valence-corrected chi connectivity index (χ2v) is 3.68. The minimum Gasteiger partial charge on any atom is -0.462 e. The van der Waals surface area contributed by atoms with E-state index in [1.807, 2.05) is 13.8 Å². The van der Waals surface area contributed by atoms with Crippen molar-refractivity contribution in [2.45, 2.75) is 27.7 Å². The van der Waals surface area contributed by atoms with Crippen LogP contribution in [0.3, 0.4) is 0 Å². The smallest absolute Gasteiger partial charge is 0.343 e. The van der Waals surface area contributed by atoms with Crippen LogP contribution in [0.2, 0.25) is 0 Å². The van der Waals surface area contributed by atoms with Crippen LogP contribution in [0.15, 0.2) is 23.6 Å². The molecule has 1 aromatic rings. The Hall–Kier alpha value is -2.70. The summed E-state index contributed by atoms with van der Waals surface area (Å²) in [7, 11) is 0. The summed E-state index contributed by atoms with van der Waals surface area (Å²) < 4.78 is 4.75. The summed E-state index contributed by atoms with van der Waals surface area (Å²) in [6.07, 6.45) is 3.53. The Kier molecular flexibility index (Phi) is 8.14. The van der Waals surface area contributed by atoms with Crippen LogP contribution in [0.1, 0.15) is 38.1 Å². The van der Waals surface area contributed by atoms with Gasteiger partial charge in [0.05, 0.1) is 11.5 Å². The first-order valence-electron chi connectivity index (χ1n) is 6.84. The van der Waals surface area contributed by atoms with Crippen molar-refractivity contribution >= 4 is 17.7 Å². The zero-order chi connectivity index (χ0) is 17.3. The molecular weight excluding hydrogens is 288 g/mol. The molecular formula is C15H20N2O5. The van der Waals surface area contributed by atoms with E-state index >= 15 is 0 Å². The fraction of sp³-hybridized carbons (Fsp3) is 0.333. The van der Waals surface area contributed by atoms with Crippen molar-refractivity contribution in [2.75, 3.05) is 6.61 Å². The highest BCUT2D eigenvalue weighted by atomic mass is 16.6. The molecule has 0 aliphatic heterocycles. The van der Waals surface area contributed by atoms with Gasteiger partial charge in [0.1, 0.15) is 10.9 Å². The summed E-state index contributed by atoms with van der Waals surface area (Å²) in [5.74, 6) is -0.773. The number of hydrogen-bond donors (Lipinski definition) is 1. The van der Waals surface area contributed by atoms with Crippen LogP contribution >= 0.6 is 0 Å². The number of hydrogen-bond acceptors (Lipinski definition) is 5. The van der Waals surface area contributed by atoms with Gasteiger partial charge in [-0.25, -0.2) is 4.79 Å². The zero-order valence-electron chi connectivity index (χ0n) is 13.1. The second kappa shape index (κ2) is 9.28. The predicted molar refractivity (Wildman–Crippen MR) is 84.4 cm³/mol. The van der Waals surface area contributed by atoms with Crippen molar-refractivity contribution in [2.24, 2.45) is 0 Å². The van der Waals surface area contributed by atoms with Crippen LogP contribution in [-0.4, -0.2) is 22.5 Å². The standard InChI is InChI=1S/C13H14N2O5.C2H6/c1-4-8-11(10(5-2)15(18)19)14-7-9(12(8)16)13(17)20-6-3;1-2/h4-5,7,14H,2,6H2,1,3H3;1-2H3/b8-4+,11-10-;. The van der Waals surface area contributed by atoms with Gasteiger partial charge in [-0.15, -0.1) is 0 Å². The van der Waals surface area contributed by atoms with Gasteiger partial charge in [-0.05, 0) is 13.8 Å². The van der Waals surface area contributed by atoms with Crippen LogP contribution in [0.25, 0.3) is 11.8 Å². The van der Waals surface area contributed by atoms with E-state index in [2.05, 4.69) is 11.6 Å². The van der Waals surface area contributed by atoms with Crippen molar-refractivity contribution in [1.82, 2.24) is 4.98 Å². The Morgan fingerprint density at radius 1 is 1.50 bits per heavy atom. The molecule has 0 fully saturated rings. The van der Waals surface area contributed by atoms with Crippen molar-refractivity contribution < 1.29 is 14.5 Å². The third kappa shape index (κ3) is 4.15. The molecule has 1 N–H and O–H groups in total. The van der Waals surface area contributed by atoms with Gasteiger partial charge in [-0.3, -0.25) is 14.9 Å². The highest BCUT2D eigenvalue weighted by molar-refractivity contribution is 5.88. The van der Waals surface area contributed by atoms with E-state index in [9.17, 15) is 19.7 Å². The molecule has 7 nitrogen and oxygen atoms in total. The molecule has 1 aromatic heterocycles. The number of ether oxygens (including phenoxy) is 1. The Labute approximate surface area is 127 Å². The van der Waals surface area contributed by atoms with Crippen LogP contribution in [0, 0.1) is 10.1 Å². The van der Waals surface area contributed by atoms with E-state index in [0.717, 1.165) is 12.3 Å². The molecule has 22 heavy (non-hydrogen) atoms. The molecule has 0 amide bonds. The molecule has 0 aromatic carbocycles. The molecule has 0 radical (unpaired) electrons. The zero-order valence-corrected chi connectivity index (χ0v) is 13.1. The summed E-state index contributed by atoms with van der Waals surface area (Å²) in [4.78, 5) is 36.6. The summed E-state index contributed by atoms with van der Waals surface area (Å²) in [6, 6.07) is 0. The van der Waals surface area contributed by atoms with Crippen molar-refractivity contribution in [3.8, 4) is 0 Å². The molecule has 0 bridgehead atoms. The quantitative estimate of drug-likeness (QED) is 0.507. The summed E-state index contributed by atoms with van der Waals surface area (Å²) in [5, 5.41) is 10.9. The first-order chi connectivity index (χ1) is 10.5. The Balaban J connectivity index is 0.00000211. The maximum Gasteiger partial charge on any atom is 0.343 e. The molecule has 0 saturated heterocycles. The number of H-pyrrole nitrogens is 1. The number of nitrogens with one attached hydrogen (secondary N) is 1. The van der Waals surface area contributed by atoms with Crippen LogP contribution < -0.4 is 16.0 Å². The Bertz CT molecular complexity index is 731. The van der Waals surface area contributed by atoms with Gasteiger partial charge in [0, 0.05) is 17.5 Å². The number of carbonyl (C=O) groups is 1. The van der Waals surface area contributed by atoms with Gasteiger partial charge in [0.15, 0.2) is 0 Å². The Morgan fingerprint density at radius 3 is 2.50 bits per heavy atom. The first-order valence-corrected chi connectivity index (χ1v) is 6.84. The van der Waals surface area contributed by atoms with Gasteiger partial charge < -0.3 is 9.72 Å². The van der Waals surface area contributed by atoms with Crippen LogP contribution in [0.5, 0.6) is 0 Å². The number of carbonyl (C=O) groups excluding carboxylic acids is 1. The molecule has 7 heteroatoms. The second-order valence-electron chi connectivity index (χ2n) is 3.68. The Morgan fingerprint density at radius 2 is 2.09 bits per heavy atom. The molecule has 0 aliphatic rings. The molecule has 1 heterocycles. The minimum atomic E-state index is -0.773. The fourth-order valence-corrected chi connectivity index (χ4v) is 1.66. The number of rotatable bonds is 4. The molecule has 0 aliphatic carbocycles. The summed E-state index contributed by atoms with van der Waals surface area (Å²) in [6.45, 7) is 10.6. The van der Waals surface area contributed by atoms with Gasteiger partial charge >= 0.3 is 5.97 Å². The number of esters is 1. The molecule has 0 atom stereocenters. The lowest BCUT2D eigenvalue weighted by Gasteiger charge is -2.01. The third-order valence-corrected chi connectivity index (χ3v) is 2.55. The number of aromatic nitrogens is 1. The number of nitrogens with zero attached hydrogens (tertiary/aromatic N) is 1. The molecule has 1 rings (SSSR count). The predicted octanol–water partition coefficient (Wildman–Crippen LogP) is 0.949. The van der Waals surface area contributed by atoms with E-state index < -0.39 is 16.3 Å². The lowest BCUT2D eigenvalue weighted by molar-refractivity contribution is -0.375. The number of nitro groups is 1. The first kappa shape index (κ1) is 19.3. The highest BCUT2D eigenvalue weighted by Crippen LogP contribution is 1.94. The number of aromatic amines is 1. The summed E-state index contributed by atoms with van der Waals surface area (Å²) >= 11 is 0. The van der Waals surface area contributed by atoms with Gasteiger partial charge in [-0.2, -0.15) is 0 Å². The van der Waals surface area contributed by atoms with Gasteiger partial charge in [-0.1, -0.05) is 26.5 Å². The summed E-state index contributed by atoms with van der Waals surface area (Å²) in [5.41, 5.74) is -1.16. The molecule has 0 unspecified atom stereocenters. The van der Waals surface area contributed by atoms with Crippen molar-refractivity contribution in [1.29, 1.82) is 0 Å². The topological polar surface area (TPSA) is 102 Å². The highest BCUT2D eigenvalue weighted by Gasteiger charge is 2.15. The minimum absolute atomic E-state index is 0.00514. The average molecular weight is 308 g/mol. The lowest BCUT2D eigenvalue weighted by Crippen LogP contribution is -2.45.